The number of carbonyl (C=O) groups excluding carboxylic acids is 2. The van der Waals surface area contributed by atoms with E-state index in [1.807, 2.05) is 0 Å². The zero-order chi connectivity index (χ0) is 20.5. The number of nitrogens with zero attached hydrogens (tertiary/aromatic N) is 2. The standard InChI is InChI=1S/C19H14F2N4O4/c20-12-4-5-15(14(21)8-12)25-9-11(7-16(25)26)18(27)22-13-3-1-2-10(6-13)17-23-19(28)29-24-17/h1-6,8,11H,7,9H2,(H,22,27)(H,23,24,28). The highest BCUT2D eigenvalue weighted by molar-refractivity contribution is 6.03. The van der Waals surface area contributed by atoms with E-state index in [4.69, 9.17) is 0 Å². The molecule has 8 nitrogen and oxygen atoms in total. The number of amides is 2. The predicted octanol–water partition coefficient (Wildman–Crippen LogP) is 2.30. The topological polar surface area (TPSA) is 108 Å². The van der Waals surface area contributed by atoms with Gasteiger partial charge >= 0.3 is 5.76 Å². The number of aromatic amines is 1. The molecule has 1 unspecified atom stereocenters. The van der Waals surface area contributed by atoms with Crippen molar-refractivity contribution in [2.24, 2.45) is 5.92 Å². The fourth-order valence-corrected chi connectivity index (χ4v) is 3.16. The first kappa shape index (κ1) is 18.5. The Morgan fingerprint density at radius 1 is 1.21 bits per heavy atom. The van der Waals surface area contributed by atoms with Crippen LogP contribution in [0.2, 0.25) is 0 Å². The molecule has 1 aromatic heterocycles. The van der Waals surface area contributed by atoms with Crippen LogP contribution in [0.4, 0.5) is 20.2 Å². The zero-order valence-electron chi connectivity index (χ0n) is 14.8. The summed E-state index contributed by atoms with van der Waals surface area (Å²) in [5, 5.41) is 6.28. The zero-order valence-corrected chi connectivity index (χ0v) is 14.8. The van der Waals surface area contributed by atoms with E-state index < -0.39 is 35.1 Å². The van der Waals surface area contributed by atoms with Crippen LogP contribution in [0, 0.1) is 17.6 Å². The number of anilines is 2. The van der Waals surface area contributed by atoms with Gasteiger partial charge in [0.1, 0.15) is 11.6 Å². The van der Waals surface area contributed by atoms with Crippen molar-refractivity contribution < 1.29 is 22.9 Å². The minimum absolute atomic E-state index is 0.0243. The Hall–Kier alpha value is -3.82. The minimum atomic E-state index is -0.867. The number of H-pyrrole nitrogens is 1. The van der Waals surface area contributed by atoms with Crippen molar-refractivity contribution in [1.29, 1.82) is 0 Å². The van der Waals surface area contributed by atoms with Crippen LogP contribution in [0.5, 0.6) is 0 Å². The van der Waals surface area contributed by atoms with Gasteiger partial charge in [-0.25, -0.2) is 13.6 Å². The molecule has 4 rings (SSSR count). The number of carbonyl (C=O) groups is 2. The molecule has 1 atom stereocenters. The molecule has 0 saturated carbocycles. The molecule has 148 valence electrons. The lowest BCUT2D eigenvalue weighted by molar-refractivity contribution is -0.122. The number of hydrogen-bond donors (Lipinski definition) is 2. The van der Waals surface area contributed by atoms with Crippen LogP contribution in [0.15, 0.2) is 51.8 Å². The van der Waals surface area contributed by atoms with Gasteiger partial charge in [0.2, 0.25) is 11.8 Å². The third-order valence-corrected chi connectivity index (χ3v) is 4.54. The molecule has 0 aliphatic carbocycles. The fraction of sp³-hybridized carbons (Fsp3) is 0.158. The normalized spacial score (nSPS) is 16.3. The van der Waals surface area contributed by atoms with Gasteiger partial charge in [0.05, 0.1) is 11.6 Å². The van der Waals surface area contributed by atoms with Gasteiger partial charge in [-0.1, -0.05) is 17.3 Å². The van der Waals surface area contributed by atoms with Crippen LogP contribution in [0.3, 0.4) is 0 Å². The largest absolute Gasteiger partial charge is 0.439 e. The van der Waals surface area contributed by atoms with Crippen molar-refractivity contribution in [3.8, 4) is 11.4 Å². The van der Waals surface area contributed by atoms with Crippen molar-refractivity contribution in [2.75, 3.05) is 16.8 Å². The van der Waals surface area contributed by atoms with Crippen molar-refractivity contribution in [3.05, 3.63) is 64.6 Å². The lowest BCUT2D eigenvalue weighted by Gasteiger charge is -2.17. The SMILES string of the molecule is O=C(Nc1cccc(-c2noc(=O)[nH]2)c1)C1CC(=O)N(c2ccc(F)cc2F)C1. The van der Waals surface area contributed by atoms with E-state index in [1.165, 1.54) is 6.07 Å². The molecule has 2 aromatic carbocycles. The van der Waals surface area contributed by atoms with Crippen molar-refractivity contribution in [1.82, 2.24) is 10.1 Å². The molecular weight excluding hydrogens is 386 g/mol. The van der Waals surface area contributed by atoms with Gasteiger partial charge in [-0.05, 0) is 24.3 Å². The van der Waals surface area contributed by atoms with E-state index in [0.29, 0.717) is 17.3 Å². The molecular formula is C19H14F2N4O4. The molecule has 1 aliphatic rings. The van der Waals surface area contributed by atoms with Gasteiger partial charge in [0.25, 0.3) is 0 Å². The summed E-state index contributed by atoms with van der Waals surface area (Å²) in [6.07, 6.45) is -0.0983. The second kappa shape index (κ2) is 7.30. The third-order valence-electron chi connectivity index (χ3n) is 4.54. The van der Waals surface area contributed by atoms with E-state index in [1.54, 1.807) is 24.3 Å². The van der Waals surface area contributed by atoms with E-state index >= 15 is 0 Å². The second-order valence-electron chi connectivity index (χ2n) is 6.51. The molecule has 2 N–H and O–H groups in total. The Kier molecular flexibility index (Phi) is 4.67. The third kappa shape index (κ3) is 3.77. The highest BCUT2D eigenvalue weighted by Crippen LogP contribution is 2.29. The summed E-state index contributed by atoms with van der Waals surface area (Å²) >= 11 is 0. The summed E-state index contributed by atoms with van der Waals surface area (Å²) in [4.78, 5) is 39.5. The summed E-state index contributed by atoms with van der Waals surface area (Å²) in [5.41, 5.74) is 0.880. The van der Waals surface area contributed by atoms with Gasteiger partial charge in [0.15, 0.2) is 5.82 Å². The van der Waals surface area contributed by atoms with Crippen molar-refractivity contribution in [3.63, 3.8) is 0 Å². The number of nitrogens with one attached hydrogen (secondary N) is 2. The Bertz CT molecular complexity index is 1160. The molecule has 1 saturated heterocycles. The van der Waals surface area contributed by atoms with Crippen LogP contribution in [0.1, 0.15) is 6.42 Å². The van der Waals surface area contributed by atoms with Crippen LogP contribution in [-0.4, -0.2) is 28.5 Å². The molecule has 29 heavy (non-hydrogen) atoms. The van der Waals surface area contributed by atoms with Crippen LogP contribution < -0.4 is 16.0 Å². The second-order valence-corrected chi connectivity index (χ2v) is 6.51. The minimum Gasteiger partial charge on any atom is -0.326 e. The first-order valence-corrected chi connectivity index (χ1v) is 8.63. The summed E-state index contributed by atoms with van der Waals surface area (Å²) in [6.45, 7) is -0.0243. The van der Waals surface area contributed by atoms with E-state index in [-0.39, 0.29) is 24.5 Å². The van der Waals surface area contributed by atoms with Gasteiger partial charge < -0.3 is 10.2 Å². The Balaban J connectivity index is 1.48. The van der Waals surface area contributed by atoms with Crippen LogP contribution in [0.25, 0.3) is 11.4 Å². The molecule has 2 amide bonds. The predicted molar refractivity (Wildman–Crippen MR) is 98.0 cm³/mol. The number of hydrogen-bond acceptors (Lipinski definition) is 5. The van der Waals surface area contributed by atoms with Gasteiger partial charge in [-0.2, -0.15) is 0 Å². The number of halogens is 2. The summed E-state index contributed by atoms with van der Waals surface area (Å²) in [6, 6.07) is 9.45. The first-order valence-electron chi connectivity index (χ1n) is 8.63. The van der Waals surface area contributed by atoms with Crippen LogP contribution >= 0.6 is 0 Å². The average Bonchev–Trinajstić information content (AvgIpc) is 3.28. The monoisotopic (exact) mass is 400 g/mol. The van der Waals surface area contributed by atoms with Gasteiger partial charge in [-0.15, -0.1) is 0 Å². The highest BCUT2D eigenvalue weighted by atomic mass is 19.1. The molecule has 3 aromatic rings. The summed E-state index contributed by atoms with van der Waals surface area (Å²) in [5.74, 6) is -3.66. The van der Waals surface area contributed by atoms with E-state index in [9.17, 15) is 23.2 Å². The molecule has 1 fully saturated rings. The maximum Gasteiger partial charge on any atom is 0.439 e. The van der Waals surface area contributed by atoms with Crippen molar-refractivity contribution >= 4 is 23.2 Å². The van der Waals surface area contributed by atoms with E-state index in [0.717, 1.165) is 11.0 Å². The smallest absolute Gasteiger partial charge is 0.326 e. The number of benzene rings is 2. The highest BCUT2D eigenvalue weighted by Gasteiger charge is 2.36. The molecule has 10 heteroatoms. The fourth-order valence-electron chi connectivity index (χ4n) is 3.16. The van der Waals surface area contributed by atoms with E-state index in [2.05, 4.69) is 20.0 Å². The first-order chi connectivity index (χ1) is 13.9. The summed E-state index contributed by atoms with van der Waals surface area (Å²) < 4.78 is 31.5. The Morgan fingerprint density at radius 3 is 2.76 bits per heavy atom. The number of rotatable bonds is 4. The average molecular weight is 400 g/mol. The molecule has 2 heterocycles. The quantitative estimate of drug-likeness (QED) is 0.699. The summed E-state index contributed by atoms with van der Waals surface area (Å²) in [7, 11) is 0. The lowest BCUT2D eigenvalue weighted by Crippen LogP contribution is -2.28. The number of aromatic nitrogens is 2. The maximum atomic E-state index is 14.0. The molecule has 0 radical (unpaired) electrons. The molecule has 0 bridgehead atoms. The maximum absolute atomic E-state index is 14.0. The molecule has 1 aliphatic heterocycles. The van der Waals surface area contributed by atoms with Gasteiger partial charge in [0, 0.05) is 30.3 Å². The van der Waals surface area contributed by atoms with Gasteiger partial charge in [-0.3, -0.25) is 19.1 Å². The Labute approximate surface area is 162 Å². The molecule has 0 spiro atoms. The Morgan fingerprint density at radius 2 is 2.03 bits per heavy atom. The lowest BCUT2D eigenvalue weighted by atomic mass is 10.1. The van der Waals surface area contributed by atoms with Crippen molar-refractivity contribution in [2.45, 2.75) is 6.42 Å². The van der Waals surface area contributed by atoms with Crippen LogP contribution in [-0.2, 0) is 9.59 Å².